The lowest BCUT2D eigenvalue weighted by Crippen LogP contribution is -2.48. The Hall–Kier alpha value is -2.94. The van der Waals surface area contributed by atoms with Crippen LogP contribution >= 0.6 is 0 Å². The molecule has 0 saturated heterocycles. The number of hydrogen-bond acceptors (Lipinski definition) is 4. The quantitative estimate of drug-likeness (QED) is 0.399. The molecule has 0 radical (unpaired) electrons. The Morgan fingerprint density at radius 1 is 1.06 bits per heavy atom. The normalized spacial score (nSPS) is 12.2. The Kier molecular flexibility index (Phi) is 10.9. The zero-order valence-corrected chi connectivity index (χ0v) is 22.7. The number of aryl methyl sites for hydroxylation is 2. The Labute approximate surface area is 214 Å². The molecule has 0 bridgehead atoms. The van der Waals surface area contributed by atoms with Gasteiger partial charge in [0.2, 0.25) is 21.8 Å². The molecule has 2 rings (SSSR count). The Balaban J connectivity index is 2.17. The largest absolute Gasteiger partial charge is 0.354 e. The minimum Gasteiger partial charge on any atom is -0.354 e. The van der Waals surface area contributed by atoms with E-state index in [1.165, 1.54) is 21.3 Å². The third-order valence-corrected chi connectivity index (χ3v) is 7.23. The molecule has 2 aromatic rings. The minimum atomic E-state index is -3.56. The van der Waals surface area contributed by atoms with Gasteiger partial charge in [0.1, 0.15) is 11.9 Å². The third-order valence-electron chi connectivity index (χ3n) is 6.05. The number of halogens is 1. The molecular weight excluding hydrogens is 481 g/mol. The zero-order chi connectivity index (χ0) is 26.9. The topological polar surface area (TPSA) is 86.8 Å². The van der Waals surface area contributed by atoms with Crippen LogP contribution in [-0.4, -0.2) is 50.5 Å². The van der Waals surface area contributed by atoms with Crippen molar-refractivity contribution in [2.75, 3.05) is 23.7 Å². The van der Waals surface area contributed by atoms with Crippen LogP contribution < -0.4 is 9.62 Å². The molecule has 0 aliphatic carbocycles. The number of nitrogens with one attached hydrogen (secondary N) is 1. The van der Waals surface area contributed by atoms with Crippen molar-refractivity contribution in [1.29, 1.82) is 0 Å². The van der Waals surface area contributed by atoms with Crippen LogP contribution in [-0.2, 0) is 26.2 Å². The summed E-state index contributed by atoms with van der Waals surface area (Å²) >= 11 is 0. The summed E-state index contributed by atoms with van der Waals surface area (Å²) in [4.78, 5) is 27.5. The van der Waals surface area contributed by atoms with Gasteiger partial charge in [-0.25, -0.2) is 12.8 Å². The van der Waals surface area contributed by atoms with Gasteiger partial charge in [-0.05, 0) is 68.5 Å². The van der Waals surface area contributed by atoms with Gasteiger partial charge >= 0.3 is 0 Å². The average Bonchev–Trinajstić information content (AvgIpc) is 2.82. The van der Waals surface area contributed by atoms with E-state index in [4.69, 9.17) is 0 Å². The summed E-state index contributed by atoms with van der Waals surface area (Å²) in [5, 5.41) is 2.86. The predicted molar refractivity (Wildman–Crippen MR) is 142 cm³/mol. The Morgan fingerprint density at radius 2 is 1.72 bits per heavy atom. The molecule has 36 heavy (non-hydrogen) atoms. The summed E-state index contributed by atoms with van der Waals surface area (Å²) in [6.45, 7) is 8.25. The maximum atomic E-state index is 13.4. The first-order valence-corrected chi connectivity index (χ1v) is 14.2. The van der Waals surface area contributed by atoms with Crippen molar-refractivity contribution < 1.29 is 22.4 Å². The lowest BCUT2D eigenvalue weighted by Gasteiger charge is -2.29. The second kappa shape index (κ2) is 13.4. The van der Waals surface area contributed by atoms with Crippen LogP contribution in [0.5, 0.6) is 0 Å². The molecule has 198 valence electrons. The monoisotopic (exact) mass is 519 g/mol. The van der Waals surface area contributed by atoms with E-state index in [0.29, 0.717) is 17.8 Å². The molecule has 0 aromatic heterocycles. The van der Waals surface area contributed by atoms with Gasteiger partial charge in [-0.3, -0.25) is 13.9 Å². The smallest absolute Gasteiger partial charge is 0.242 e. The van der Waals surface area contributed by atoms with Gasteiger partial charge in [0.15, 0.2) is 0 Å². The van der Waals surface area contributed by atoms with E-state index >= 15 is 0 Å². The molecule has 1 atom stereocenters. The van der Waals surface area contributed by atoms with E-state index in [9.17, 15) is 22.4 Å². The number of benzene rings is 2. The van der Waals surface area contributed by atoms with Crippen molar-refractivity contribution in [3.05, 3.63) is 65.0 Å². The molecule has 0 heterocycles. The van der Waals surface area contributed by atoms with Crippen molar-refractivity contribution >= 4 is 27.5 Å². The molecule has 0 aliphatic heterocycles. The van der Waals surface area contributed by atoms with Crippen LogP contribution in [0.1, 0.15) is 56.2 Å². The van der Waals surface area contributed by atoms with E-state index in [2.05, 4.69) is 5.32 Å². The number of anilines is 1. The van der Waals surface area contributed by atoms with Crippen molar-refractivity contribution in [1.82, 2.24) is 10.2 Å². The molecule has 2 aromatic carbocycles. The van der Waals surface area contributed by atoms with Crippen molar-refractivity contribution in [2.45, 2.75) is 66.0 Å². The number of nitrogens with zero attached hydrogens (tertiary/aromatic N) is 2. The predicted octanol–water partition coefficient (Wildman–Crippen LogP) is 4.32. The number of carbonyl (C=O) groups excluding carboxylic acids is 2. The molecule has 0 fully saturated rings. The number of amides is 2. The highest BCUT2D eigenvalue weighted by Crippen LogP contribution is 2.24. The second-order valence-electron chi connectivity index (χ2n) is 9.20. The molecule has 0 spiro atoms. The third kappa shape index (κ3) is 8.62. The van der Waals surface area contributed by atoms with Gasteiger partial charge in [-0.2, -0.15) is 0 Å². The van der Waals surface area contributed by atoms with Gasteiger partial charge in [-0.15, -0.1) is 0 Å². The summed E-state index contributed by atoms with van der Waals surface area (Å²) in [5.74, 6) is -0.909. The molecule has 2 amide bonds. The fourth-order valence-corrected chi connectivity index (χ4v) is 4.89. The summed E-state index contributed by atoms with van der Waals surface area (Å²) in [6, 6.07) is 10.7. The molecule has 7 nitrogen and oxygen atoms in total. The van der Waals surface area contributed by atoms with Crippen LogP contribution in [0, 0.1) is 19.7 Å². The molecular formula is C27H38FN3O4S. The first kappa shape index (κ1) is 29.3. The van der Waals surface area contributed by atoms with Gasteiger partial charge in [0, 0.05) is 26.1 Å². The van der Waals surface area contributed by atoms with Crippen LogP contribution in [0.4, 0.5) is 10.1 Å². The van der Waals surface area contributed by atoms with E-state index in [0.717, 1.165) is 30.2 Å². The lowest BCUT2D eigenvalue weighted by atomic mass is 10.1. The van der Waals surface area contributed by atoms with E-state index in [1.807, 2.05) is 39.0 Å². The number of rotatable bonds is 13. The number of carbonyl (C=O) groups is 2. The molecule has 0 aliphatic rings. The maximum absolute atomic E-state index is 13.4. The summed E-state index contributed by atoms with van der Waals surface area (Å²) in [6.07, 6.45) is 3.27. The number of unbranched alkanes of at least 4 members (excludes halogenated alkanes) is 1. The number of hydrogen-bond donors (Lipinski definition) is 1. The van der Waals surface area contributed by atoms with Crippen LogP contribution in [0.15, 0.2) is 42.5 Å². The summed E-state index contributed by atoms with van der Waals surface area (Å²) in [5.41, 5.74) is 3.06. The standard InChI is InChI=1S/C27H38FN3O4S/c1-6-7-16-29-27(33)22(4)30(19-23-12-14-24(28)15-13-23)26(32)9-8-17-31(36(5,34)35)25-18-20(2)10-11-21(25)3/h10-15,18,22H,6-9,16-17,19H2,1-5H3,(H,29,33). The van der Waals surface area contributed by atoms with E-state index in [-0.39, 0.29) is 43.6 Å². The molecule has 1 unspecified atom stereocenters. The highest BCUT2D eigenvalue weighted by atomic mass is 32.2. The fourth-order valence-electron chi connectivity index (χ4n) is 3.88. The summed E-state index contributed by atoms with van der Waals surface area (Å²) in [7, 11) is -3.56. The fraction of sp³-hybridized carbons (Fsp3) is 0.481. The second-order valence-corrected chi connectivity index (χ2v) is 11.1. The van der Waals surface area contributed by atoms with E-state index in [1.54, 1.807) is 19.1 Å². The zero-order valence-electron chi connectivity index (χ0n) is 21.9. The highest BCUT2D eigenvalue weighted by Gasteiger charge is 2.26. The van der Waals surface area contributed by atoms with Crippen LogP contribution in [0.3, 0.4) is 0 Å². The van der Waals surface area contributed by atoms with Gasteiger partial charge < -0.3 is 10.2 Å². The van der Waals surface area contributed by atoms with Crippen LogP contribution in [0.2, 0.25) is 0 Å². The van der Waals surface area contributed by atoms with Gasteiger partial charge in [0.05, 0.1) is 11.9 Å². The summed E-state index contributed by atoms with van der Waals surface area (Å²) < 4.78 is 39.8. The maximum Gasteiger partial charge on any atom is 0.242 e. The van der Waals surface area contributed by atoms with Crippen molar-refractivity contribution in [3.8, 4) is 0 Å². The highest BCUT2D eigenvalue weighted by molar-refractivity contribution is 7.92. The average molecular weight is 520 g/mol. The molecule has 9 heteroatoms. The minimum absolute atomic E-state index is 0.0602. The van der Waals surface area contributed by atoms with Crippen LogP contribution in [0.25, 0.3) is 0 Å². The number of sulfonamides is 1. The molecule has 1 N–H and O–H groups in total. The Morgan fingerprint density at radius 3 is 2.33 bits per heavy atom. The SMILES string of the molecule is CCCCNC(=O)C(C)N(Cc1ccc(F)cc1)C(=O)CCCN(c1cc(C)ccc1C)S(C)(=O)=O. The van der Waals surface area contributed by atoms with Gasteiger partial charge in [-0.1, -0.05) is 37.6 Å². The lowest BCUT2D eigenvalue weighted by molar-refractivity contribution is -0.140. The molecule has 0 saturated carbocycles. The van der Waals surface area contributed by atoms with E-state index < -0.39 is 16.1 Å². The van der Waals surface area contributed by atoms with Crippen molar-refractivity contribution in [3.63, 3.8) is 0 Å². The van der Waals surface area contributed by atoms with Crippen molar-refractivity contribution in [2.24, 2.45) is 0 Å². The first-order chi connectivity index (χ1) is 16.9. The van der Waals surface area contributed by atoms with Gasteiger partial charge in [0.25, 0.3) is 0 Å². The Bertz CT molecular complexity index is 1140. The first-order valence-electron chi connectivity index (χ1n) is 12.3.